The molecular weight excluding hydrogens is 408 g/mol. The average Bonchev–Trinajstić information content (AvgIpc) is 3.46. The number of nitrogens with zero attached hydrogens (tertiary/aromatic N) is 5. The van der Waals surface area contributed by atoms with Crippen molar-refractivity contribution in [2.45, 2.75) is 38.1 Å². The molecule has 168 valence electrons. The first-order valence-corrected chi connectivity index (χ1v) is 11.2. The Kier molecular flexibility index (Phi) is 5.85. The van der Waals surface area contributed by atoms with Crippen LogP contribution in [0.1, 0.15) is 32.1 Å². The van der Waals surface area contributed by atoms with Crippen LogP contribution in [0.3, 0.4) is 0 Å². The van der Waals surface area contributed by atoms with E-state index in [0.29, 0.717) is 29.5 Å². The van der Waals surface area contributed by atoms with Gasteiger partial charge in [-0.2, -0.15) is 9.67 Å². The Balaban J connectivity index is 1.27. The number of ether oxygens (including phenoxy) is 1. The quantitative estimate of drug-likeness (QED) is 0.509. The van der Waals surface area contributed by atoms with E-state index in [1.807, 2.05) is 24.3 Å². The summed E-state index contributed by atoms with van der Waals surface area (Å²) in [7, 11) is 0. The molecule has 2 atom stereocenters. The summed E-state index contributed by atoms with van der Waals surface area (Å²) in [4.78, 5) is 20.4. The molecule has 0 bridgehead atoms. The molecule has 2 fully saturated rings. The molecule has 5 rings (SSSR count). The van der Waals surface area contributed by atoms with E-state index in [1.54, 1.807) is 10.9 Å². The molecule has 3 heterocycles. The molecule has 1 saturated carbocycles. The highest BCUT2D eigenvalue weighted by Crippen LogP contribution is 2.27. The monoisotopic (exact) mass is 436 g/mol. The van der Waals surface area contributed by atoms with Crippen LogP contribution in [0, 0.1) is 11.8 Å². The highest BCUT2D eigenvalue weighted by Gasteiger charge is 2.29. The summed E-state index contributed by atoms with van der Waals surface area (Å²) in [6, 6.07) is 7.94. The predicted molar refractivity (Wildman–Crippen MR) is 119 cm³/mol. The predicted octanol–water partition coefficient (Wildman–Crippen LogP) is 1.65. The number of aromatic nitrogens is 5. The Labute approximate surface area is 185 Å². The molecule has 10 nitrogen and oxygen atoms in total. The van der Waals surface area contributed by atoms with Crippen LogP contribution in [-0.4, -0.2) is 56.6 Å². The minimum Gasteiger partial charge on any atom is -0.493 e. The number of benzene rings is 1. The van der Waals surface area contributed by atoms with Crippen molar-refractivity contribution in [2.24, 2.45) is 17.6 Å². The largest absolute Gasteiger partial charge is 0.493 e. The fraction of sp³-hybridized carbons (Fsp3) is 0.500. The van der Waals surface area contributed by atoms with E-state index in [-0.39, 0.29) is 17.9 Å². The molecule has 32 heavy (non-hydrogen) atoms. The van der Waals surface area contributed by atoms with Crippen molar-refractivity contribution in [3.05, 3.63) is 30.5 Å². The van der Waals surface area contributed by atoms with E-state index in [0.717, 1.165) is 56.8 Å². The van der Waals surface area contributed by atoms with Gasteiger partial charge in [-0.1, -0.05) is 5.21 Å². The van der Waals surface area contributed by atoms with Crippen LogP contribution in [0.2, 0.25) is 0 Å². The van der Waals surface area contributed by atoms with Crippen LogP contribution >= 0.6 is 0 Å². The lowest BCUT2D eigenvalue weighted by atomic mass is 9.99. The third-order valence-corrected chi connectivity index (χ3v) is 6.39. The first kappa shape index (κ1) is 20.6. The summed E-state index contributed by atoms with van der Waals surface area (Å²) in [5.41, 5.74) is 7.52. The second-order valence-electron chi connectivity index (χ2n) is 8.66. The summed E-state index contributed by atoms with van der Waals surface area (Å²) in [6.07, 6.45) is 6.33. The second-order valence-corrected chi connectivity index (χ2v) is 8.66. The second kappa shape index (κ2) is 9.07. The average molecular weight is 437 g/mol. The van der Waals surface area contributed by atoms with Gasteiger partial charge >= 0.3 is 0 Å². The fourth-order valence-corrected chi connectivity index (χ4v) is 4.47. The first-order chi connectivity index (χ1) is 15.7. The van der Waals surface area contributed by atoms with E-state index >= 15 is 0 Å². The van der Waals surface area contributed by atoms with E-state index in [1.165, 1.54) is 0 Å². The number of rotatable bonds is 7. The molecular formula is C22H28N8O2. The molecule has 3 aromatic rings. The van der Waals surface area contributed by atoms with Gasteiger partial charge in [0.05, 0.1) is 18.5 Å². The zero-order valence-electron chi connectivity index (χ0n) is 17.9. The maximum absolute atomic E-state index is 11.4. The Hall–Kier alpha value is -3.27. The van der Waals surface area contributed by atoms with Crippen LogP contribution in [-0.2, 0) is 4.79 Å². The number of carbonyl (C=O) groups excluding carboxylic acids is 1. The van der Waals surface area contributed by atoms with Gasteiger partial charge < -0.3 is 21.1 Å². The molecule has 1 aliphatic carbocycles. The van der Waals surface area contributed by atoms with Crippen molar-refractivity contribution in [3.63, 3.8) is 0 Å². The molecule has 0 unspecified atom stereocenters. The number of amides is 1. The molecule has 2 aromatic heterocycles. The van der Waals surface area contributed by atoms with E-state index < -0.39 is 0 Å². The number of piperidine rings is 1. The lowest BCUT2D eigenvalue weighted by Gasteiger charge is -2.22. The zero-order chi connectivity index (χ0) is 21.9. The van der Waals surface area contributed by atoms with Crippen molar-refractivity contribution < 1.29 is 9.53 Å². The lowest BCUT2D eigenvalue weighted by molar-refractivity contribution is -0.121. The number of nitrogens with two attached hydrogens (primary N) is 1. The third kappa shape index (κ3) is 4.50. The SMILES string of the molecule is NC(=O)[C@@H]1CC[C@@H](Nc2ncc3nnn(-c4ccc(OCC5CCNCC5)cc4)c3n2)C1. The van der Waals surface area contributed by atoms with Crippen molar-refractivity contribution in [2.75, 3.05) is 25.0 Å². The van der Waals surface area contributed by atoms with Gasteiger partial charge in [-0.3, -0.25) is 4.79 Å². The number of hydrogen-bond donors (Lipinski definition) is 3. The van der Waals surface area contributed by atoms with E-state index in [2.05, 4.69) is 30.9 Å². The molecule has 4 N–H and O–H groups in total. The smallest absolute Gasteiger partial charge is 0.225 e. The van der Waals surface area contributed by atoms with Gasteiger partial charge in [0.2, 0.25) is 11.9 Å². The summed E-state index contributed by atoms with van der Waals surface area (Å²) in [6.45, 7) is 2.88. The van der Waals surface area contributed by atoms with Gasteiger partial charge in [0.1, 0.15) is 5.75 Å². The first-order valence-electron chi connectivity index (χ1n) is 11.2. The molecule has 1 amide bonds. The number of fused-ring (bicyclic) bond motifs is 1. The Morgan fingerprint density at radius 1 is 1.19 bits per heavy atom. The van der Waals surface area contributed by atoms with Gasteiger partial charge in [0.15, 0.2) is 11.2 Å². The summed E-state index contributed by atoms with van der Waals surface area (Å²) in [5, 5.41) is 15.1. The van der Waals surface area contributed by atoms with Crippen LogP contribution in [0.5, 0.6) is 5.75 Å². The van der Waals surface area contributed by atoms with Crippen LogP contribution < -0.4 is 21.1 Å². The van der Waals surface area contributed by atoms with Crippen molar-refractivity contribution >= 4 is 23.0 Å². The molecule has 1 aromatic carbocycles. The van der Waals surface area contributed by atoms with E-state index in [9.17, 15) is 4.79 Å². The van der Waals surface area contributed by atoms with Crippen molar-refractivity contribution in [1.82, 2.24) is 30.3 Å². The number of carbonyl (C=O) groups is 1. The van der Waals surface area contributed by atoms with Crippen LogP contribution in [0.4, 0.5) is 5.95 Å². The standard InChI is InChI=1S/C22H28N8O2/c23-20(31)15-1-2-16(11-15)26-22-25-12-19-21(27-22)30(29-28-19)17-3-5-18(6-4-17)32-13-14-7-9-24-10-8-14/h3-6,12,14-16,24H,1-2,7-11,13H2,(H2,23,31)(H,25,26,27)/t15-,16-/m1/s1. The molecule has 1 saturated heterocycles. The van der Waals surface area contributed by atoms with Crippen molar-refractivity contribution in [1.29, 1.82) is 0 Å². The van der Waals surface area contributed by atoms with Gasteiger partial charge in [-0.15, -0.1) is 5.10 Å². The Morgan fingerprint density at radius 2 is 2.00 bits per heavy atom. The third-order valence-electron chi connectivity index (χ3n) is 6.39. The minimum absolute atomic E-state index is 0.0843. The lowest BCUT2D eigenvalue weighted by Crippen LogP contribution is -2.30. The summed E-state index contributed by atoms with van der Waals surface area (Å²) >= 11 is 0. The minimum atomic E-state index is -0.240. The molecule has 0 spiro atoms. The van der Waals surface area contributed by atoms with Gasteiger partial charge in [0, 0.05) is 12.0 Å². The van der Waals surface area contributed by atoms with Gasteiger partial charge in [-0.05, 0) is 75.4 Å². The highest BCUT2D eigenvalue weighted by molar-refractivity contribution is 5.77. The highest BCUT2D eigenvalue weighted by atomic mass is 16.5. The van der Waals surface area contributed by atoms with E-state index in [4.69, 9.17) is 10.5 Å². The summed E-state index contributed by atoms with van der Waals surface area (Å²) < 4.78 is 7.68. The van der Waals surface area contributed by atoms with Crippen LogP contribution in [0.25, 0.3) is 16.9 Å². The molecule has 1 aliphatic heterocycles. The Bertz CT molecular complexity index is 1080. The van der Waals surface area contributed by atoms with Crippen molar-refractivity contribution in [3.8, 4) is 11.4 Å². The van der Waals surface area contributed by atoms with Gasteiger partial charge in [-0.25, -0.2) is 4.98 Å². The molecule has 2 aliphatic rings. The number of primary amides is 1. The maximum atomic E-state index is 11.4. The topological polar surface area (TPSA) is 133 Å². The normalized spacial score (nSPS) is 21.6. The number of nitrogens with one attached hydrogen (secondary N) is 2. The Morgan fingerprint density at radius 3 is 2.75 bits per heavy atom. The maximum Gasteiger partial charge on any atom is 0.225 e. The van der Waals surface area contributed by atoms with Crippen LogP contribution in [0.15, 0.2) is 30.5 Å². The number of anilines is 1. The number of hydrogen-bond acceptors (Lipinski definition) is 8. The molecule has 0 radical (unpaired) electrons. The molecule has 10 heteroatoms. The van der Waals surface area contributed by atoms with Gasteiger partial charge in [0.25, 0.3) is 0 Å². The fourth-order valence-electron chi connectivity index (χ4n) is 4.47. The zero-order valence-corrected chi connectivity index (χ0v) is 17.9. The summed E-state index contributed by atoms with van der Waals surface area (Å²) in [5.74, 6) is 1.63.